The Labute approximate surface area is 155 Å². The van der Waals surface area contributed by atoms with Crippen molar-refractivity contribution in [2.45, 2.75) is 51.4 Å². The first-order valence-corrected chi connectivity index (χ1v) is 8.90. The van der Waals surface area contributed by atoms with E-state index in [9.17, 15) is 18.0 Å². The minimum atomic E-state index is -4.48. The van der Waals surface area contributed by atoms with E-state index in [0.717, 1.165) is 22.0 Å². The van der Waals surface area contributed by atoms with Crippen LogP contribution in [0.3, 0.4) is 0 Å². The fourth-order valence-corrected chi connectivity index (χ4v) is 3.25. The standard InChI is InChI=1S/C19H22F3N3O2/c1-4-27-18(26)14-10-23-25-16(19(20,21)22)9-15(24-17(14)25)13-7-5-12(6-8-13)11(2)3/h5-8,10-11,15-16,24H,4,9H2,1-3H3/t15-,16-/m0/s1. The summed E-state index contributed by atoms with van der Waals surface area (Å²) in [6, 6.07) is 5.10. The molecule has 0 saturated heterocycles. The van der Waals surface area contributed by atoms with E-state index in [1.807, 2.05) is 24.3 Å². The summed E-state index contributed by atoms with van der Waals surface area (Å²) >= 11 is 0. The second-order valence-corrected chi connectivity index (χ2v) is 6.88. The van der Waals surface area contributed by atoms with Crippen LogP contribution < -0.4 is 5.32 Å². The van der Waals surface area contributed by atoms with E-state index in [1.165, 1.54) is 0 Å². The Kier molecular flexibility index (Phi) is 5.17. The largest absolute Gasteiger partial charge is 0.462 e. The number of halogens is 3. The molecule has 0 amide bonds. The van der Waals surface area contributed by atoms with Gasteiger partial charge in [0.1, 0.15) is 11.4 Å². The lowest BCUT2D eigenvalue weighted by Gasteiger charge is -2.34. The van der Waals surface area contributed by atoms with Gasteiger partial charge in [-0.15, -0.1) is 0 Å². The molecule has 0 unspecified atom stereocenters. The molecule has 0 saturated carbocycles. The van der Waals surface area contributed by atoms with Crippen molar-refractivity contribution in [3.8, 4) is 0 Å². The van der Waals surface area contributed by atoms with Crippen LogP contribution in [0.2, 0.25) is 0 Å². The SMILES string of the molecule is CCOC(=O)c1cnn2c1N[C@H](c1ccc(C(C)C)cc1)C[C@H]2C(F)(F)F. The molecule has 5 nitrogen and oxygen atoms in total. The second kappa shape index (κ2) is 7.25. The van der Waals surface area contributed by atoms with Crippen molar-refractivity contribution in [3.05, 3.63) is 47.2 Å². The number of benzene rings is 1. The molecule has 146 valence electrons. The predicted molar refractivity (Wildman–Crippen MR) is 94.8 cm³/mol. The number of fused-ring (bicyclic) bond motifs is 1. The van der Waals surface area contributed by atoms with Crippen molar-refractivity contribution in [2.75, 3.05) is 11.9 Å². The van der Waals surface area contributed by atoms with Gasteiger partial charge >= 0.3 is 12.1 Å². The van der Waals surface area contributed by atoms with E-state index in [1.54, 1.807) is 6.92 Å². The zero-order valence-corrected chi connectivity index (χ0v) is 15.4. The van der Waals surface area contributed by atoms with Crippen LogP contribution >= 0.6 is 0 Å². The summed E-state index contributed by atoms with van der Waals surface area (Å²) in [7, 11) is 0. The zero-order valence-electron chi connectivity index (χ0n) is 15.4. The lowest BCUT2D eigenvalue weighted by Crippen LogP contribution is -2.36. The molecule has 0 radical (unpaired) electrons. The highest BCUT2D eigenvalue weighted by Gasteiger charge is 2.47. The molecule has 2 aromatic rings. The lowest BCUT2D eigenvalue weighted by atomic mass is 9.94. The average Bonchev–Trinajstić information content (AvgIpc) is 3.04. The molecule has 0 spiro atoms. The molecule has 3 rings (SSSR count). The maximum atomic E-state index is 13.6. The Bertz CT molecular complexity index is 813. The second-order valence-electron chi connectivity index (χ2n) is 6.88. The number of anilines is 1. The van der Waals surface area contributed by atoms with Crippen LogP contribution in [0.4, 0.5) is 19.0 Å². The molecule has 8 heteroatoms. The van der Waals surface area contributed by atoms with Crippen molar-refractivity contribution in [1.82, 2.24) is 9.78 Å². The van der Waals surface area contributed by atoms with E-state index in [2.05, 4.69) is 24.3 Å². The topological polar surface area (TPSA) is 56.1 Å². The number of hydrogen-bond acceptors (Lipinski definition) is 4. The number of nitrogens with zero attached hydrogens (tertiary/aromatic N) is 2. The highest BCUT2D eigenvalue weighted by atomic mass is 19.4. The predicted octanol–water partition coefficient (Wildman–Crippen LogP) is 4.84. The number of aromatic nitrogens is 2. The summed E-state index contributed by atoms with van der Waals surface area (Å²) in [4.78, 5) is 12.1. The van der Waals surface area contributed by atoms with Gasteiger partial charge in [0.25, 0.3) is 0 Å². The van der Waals surface area contributed by atoms with Gasteiger partial charge in [-0.2, -0.15) is 18.3 Å². The van der Waals surface area contributed by atoms with Crippen molar-refractivity contribution in [1.29, 1.82) is 0 Å². The van der Waals surface area contributed by atoms with Crippen LogP contribution in [0.5, 0.6) is 0 Å². The minimum Gasteiger partial charge on any atom is -0.462 e. The highest BCUT2D eigenvalue weighted by Crippen LogP contribution is 2.44. The molecule has 2 heterocycles. The zero-order chi connectivity index (χ0) is 19.8. The molecule has 0 aliphatic carbocycles. The molecule has 1 aromatic heterocycles. The fourth-order valence-electron chi connectivity index (χ4n) is 3.25. The molecule has 0 fully saturated rings. The molecule has 27 heavy (non-hydrogen) atoms. The third-order valence-electron chi connectivity index (χ3n) is 4.74. The van der Waals surface area contributed by atoms with Gasteiger partial charge in [-0.3, -0.25) is 0 Å². The number of nitrogens with one attached hydrogen (secondary N) is 1. The van der Waals surface area contributed by atoms with Crippen molar-refractivity contribution >= 4 is 11.8 Å². The number of ether oxygens (including phenoxy) is 1. The number of alkyl halides is 3. The maximum absolute atomic E-state index is 13.6. The number of rotatable bonds is 4. The minimum absolute atomic E-state index is 0.00889. The van der Waals surface area contributed by atoms with E-state index in [-0.39, 0.29) is 24.4 Å². The summed E-state index contributed by atoms with van der Waals surface area (Å²) in [5.74, 6) is -0.318. The van der Waals surface area contributed by atoms with Crippen molar-refractivity contribution in [2.24, 2.45) is 0 Å². The van der Waals surface area contributed by atoms with Gasteiger partial charge in [-0.1, -0.05) is 38.1 Å². The molecular formula is C19H22F3N3O2. The van der Waals surface area contributed by atoms with E-state index < -0.39 is 24.2 Å². The Hall–Kier alpha value is -2.51. The van der Waals surface area contributed by atoms with Gasteiger partial charge < -0.3 is 10.1 Å². The van der Waals surface area contributed by atoms with Crippen LogP contribution in [0.15, 0.2) is 30.5 Å². The monoisotopic (exact) mass is 381 g/mol. The average molecular weight is 381 g/mol. The van der Waals surface area contributed by atoms with Crippen LogP contribution in [0.25, 0.3) is 0 Å². The number of carbonyl (C=O) groups is 1. The summed E-state index contributed by atoms with van der Waals surface area (Å²) in [5, 5.41) is 6.86. The molecule has 1 aliphatic rings. The highest BCUT2D eigenvalue weighted by molar-refractivity contribution is 5.94. The molecule has 2 atom stereocenters. The quantitative estimate of drug-likeness (QED) is 0.770. The Morgan fingerprint density at radius 2 is 2.00 bits per heavy atom. The Balaban J connectivity index is 1.98. The summed E-state index contributed by atoms with van der Waals surface area (Å²) in [5.41, 5.74) is 1.85. The third kappa shape index (κ3) is 3.79. The Morgan fingerprint density at radius 3 is 2.56 bits per heavy atom. The van der Waals surface area contributed by atoms with Gasteiger partial charge in [0.05, 0.1) is 18.8 Å². The first-order chi connectivity index (χ1) is 12.7. The van der Waals surface area contributed by atoms with E-state index in [4.69, 9.17) is 4.74 Å². The van der Waals surface area contributed by atoms with Crippen LogP contribution in [-0.4, -0.2) is 28.5 Å². The molecule has 1 N–H and O–H groups in total. The number of hydrogen-bond donors (Lipinski definition) is 1. The molecule has 1 aliphatic heterocycles. The Morgan fingerprint density at radius 1 is 1.33 bits per heavy atom. The smallest absolute Gasteiger partial charge is 0.410 e. The lowest BCUT2D eigenvalue weighted by molar-refractivity contribution is -0.173. The molecular weight excluding hydrogens is 359 g/mol. The number of esters is 1. The summed E-state index contributed by atoms with van der Waals surface area (Å²) in [6.45, 7) is 5.88. The van der Waals surface area contributed by atoms with Crippen LogP contribution in [0.1, 0.15) is 66.7 Å². The van der Waals surface area contributed by atoms with Crippen molar-refractivity contribution in [3.63, 3.8) is 0 Å². The van der Waals surface area contributed by atoms with E-state index >= 15 is 0 Å². The normalized spacial score (nSPS) is 19.5. The third-order valence-corrected chi connectivity index (χ3v) is 4.74. The fraction of sp³-hybridized carbons (Fsp3) is 0.474. The van der Waals surface area contributed by atoms with Crippen LogP contribution in [0, 0.1) is 0 Å². The molecule has 1 aromatic carbocycles. The van der Waals surface area contributed by atoms with Gasteiger partial charge in [-0.25, -0.2) is 9.48 Å². The molecule has 0 bridgehead atoms. The van der Waals surface area contributed by atoms with Gasteiger partial charge in [0.2, 0.25) is 0 Å². The maximum Gasteiger partial charge on any atom is 0.410 e. The number of carbonyl (C=O) groups excluding carboxylic acids is 1. The summed E-state index contributed by atoms with van der Waals surface area (Å²) in [6.07, 6.45) is -3.56. The van der Waals surface area contributed by atoms with Crippen molar-refractivity contribution < 1.29 is 22.7 Å². The summed E-state index contributed by atoms with van der Waals surface area (Å²) < 4.78 is 46.7. The first kappa shape index (κ1) is 19.3. The van der Waals surface area contributed by atoms with Gasteiger partial charge in [0.15, 0.2) is 6.04 Å². The van der Waals surface area contributed by atoms with Crippen LogP contribution in [-0.2, 0) is 4.74 Å². The van der Waals surface area contributed by atoms with E-state index in [0.29, 0.717) is 5.92 Å². The first-order valence-electron chi connectivity index (χ1n) is 8.90. The van der Waals surface area contributed by atoms with Gasteiger partial charge in [0, 0.05) is 6.42 Å². The van der Waals surface area contributed by atoms with Gasteiger partial charge in [-0.05, 0) is 24.0 Å².